The van der Waals surface area contributed by atoms with Crippen LogP contribution in [0.15, 0.2) is 41.8 Å². The quantitative estimate of drug-likeness (QED) is 0.503. The fraction of sp³-hybridized carbons (Fsp3) is 0.200. The van der Waals surface area contributed by atoms with Crippen molar-refractivity contribution in [2.45, 2.75) is 9.07 Å². The van der Waals surface area contributed by atoms with Crippen LogP contribution in [0.2, 0.25) is 4.17 Å². The van der Waals surface area contributed by atoms with Gasteiger partial charge in [0.1, 0.15) is 17.3 Å². The average molecular weight is 252 g/mol. The average Bonchev–Trinajstić information content (AvgIpc) is 2.28. The summed E-state index contributed by atoms with van der Waals surface area (Å²) in [7, 11) is -4.22. The summed E-state index contributed by atoms with van der Waals surface area (Å²) >= 11 is 1.31. The molecule has 1 N–H and O–H groups in total. The van der Waals surface area contributed by atoms with Crippen LogP contribution in [-0.4, -0.2) is 47.5 Å². The third-order valence-corrected chi connectivity index (χ3v) is 2.38. The van der Waals surface area contributed by atoms with Gasteiger partial charge in [0.05, 0.1) is 0 Å². The van der Waals surface area contributed by atoms with Crippen LogP contribution >= 0.6 is 0 Å². The summed E-state index contributed by atoms with van der Waals surface area (Å²) in [5, 5.41) is 0. The van der Waals surface area contributed by atoms with Crippen molar-refractivity contribution in [2.75, 3.05) is 6.61 Å². The zero-order valence-corrected chi connectivity index (χ0v) is 12.2. The Kier molecular flexibility index (Phi) is 7.70. The third kappa shape index (κ3) is 5.14. The first-order chi connectivity index (χ1) is 7.55. The maximum absolute atomic E-state index is 10.9. The van der Waals surface area contributed by atoms with Crippen LogP contribution in [0.25, 0.3) is 0 Å². The number of para-hydroxylation sites is 1. The van der Waals surface area contributed by atoms with Gasteiger partial charge in [-0.05, 0) is 12.1 Å². The number of hydrogen-bond acceptors (Lipinski definition) is 3. The topological polar surface area (TPSA) is 63.6 Å². The second kappa shape index (κ2) is 7.86. The molecule has 4 nitrogen and oxygen atoms in total. The fourth-order valence-corrected chi connectivity index (χ4v) is 1.56. The summed E-state index contributed by atoms with van der Waals surface area (Å²) in [6.45, 7) is 3.62. The van der Waals surface area contributed by atoms with E-state index >= 15 is 0 Å². The molecule has 0 aromatic heterocycles. The van der Waals surface area contributed by atoms with E-state index in [1.807, 2.05) is 0 Å². The van der Waals surface area contributed by atoms with E-state index < -0.39 is 10.1 Å². The Hall–Kier alpha value is -0.330. The predicted octanol–water partition coefficient (Wildman–Crippen LogP) is 1.70. The van der Waals surface area contributed by atoms with Gasteiger partial charge in [0.2, 0.25) is 0 Å². The zero-order valence-electron chi connectivity index (χ0n) is 9.38. The van der Waals surface area contributed by atoms with Gasteiger partial charge in [0.25, 0.3) is 10.1 Å². The van der Waals surface area contributed by atoms with Gasteiger partial charge in [-0.1, -0.05) is 24.8 Å². The molecule has 0 aliphatic rings. The molecule has 1 rings (SSSR count). The van der Waals surface area contributed by atoms with Gasteiger partial charge < -0.3 is 4.74 Å². The molecular weight excluding hydrogens is 239 g/mol. The Balaban J connectivity index is 0.00000106. The number of benzene rings is 1. The molecule has 0 spiro atoms. The fourth-order valence-electron chi connectivity index (χ4n) is 0.931. The molecule has 6 heteroatoms. The van der Waals surface area contributed by atoms with E-state index in [1.54, 1.807) is 6.07 Å². The molecule has 0 aliphatic carbocycles. The monoisotopic (exact) mass is 252 g/mol. The normalized spacial score (nSPS) is 10.0. The van der Waals surface area contributed by atoms with E-state index in [4.69, 9.17) is 9.29 Å². The Labute approximate surface area is 113 Å². The Morgan fingerprint density at radius 2 is 2.00 bits per heavy atom. The molecule has 0 heterocycles. The van der Waals surface area contributed by atoms with Crippen molar-refractivity contribution in [2.24, 2.45) is 0 Å². The summed E-state index contributed by atoms with van der Waals surface area (Å²) in [6.07, 6.45) is 1.49. The minimum absolute atomic E-state index is 0.120. The van der Waals surface area contributed by atoms with Gasteiger partial charge in [-0.25, -0.2) is 0 Å². The second-order valence-corrected chi connectivity index (χ2v) is 3.91. The Morgan fingerprint density at radius 1 is 1.44 bits per heavy atom. The van der Waals surface area contributed by atoms with Crippen LogP contribution in [0.3, 0.4) is 0 Å². The van der Waals surface area contributed by atoms with Crippen molar-refractivity contribution >= 4 is 38.0 Å². The second-order valence-electron chi connectivity index (χ2n) is 2.52. The van der Waals surface area contributed by atoms with E-state index in [0.717, 1.165) is 0 Å². The Bertz CT molecular complexity index is 428. The molecule has 16 heavy (non-hydrogen) atoms. The summed E-state index contributed by atoms with van der Waals surface area (Å²) in [5.41, 5.74) is 0. The molecule has 0 unspecified atom stereocenters. The van der Waals surface area contributed by atoms with Crippen molar-refractivity contribution < 1.29 is 17.7 Å². The summed E-state index contributed by atoms with van der Waals surface area (Å²) in [5.74, 6) is 0.120. The first-order valence-corrected chi connectivity index (χ1v) is 8.30. The van der Waals surface area contributed by atoms with Gasteiger partial charge in [-0.2, -0.15) is 8.42 Å². The molecule has 0 saturated carbocycles. The van der Waals surface area contributed by atoms with Crippen molar-refractivity contribution in [3.63, 3.8) is 0 Å². The standard InChI is InChI=1S/C9H10O4S.CH3.Na/c1-2-7-13-8-5-3-4-6-9(8)14(10,11)12;;/h2-6H,1,7H2,(H,10,11,12);1H3;. The van der Waals surface area contributed by atoms with E-state index in [2.05, 4.69) is 10.8 Å². The molecule has 1 aromatic carbocycles. The molecule has 0 radical (unpaired) electrons. The van der Waals surface area contributed by atoms with Crippen molar-refractivity contribution in [3.05, 3.63) is 36.9 Å². The number of rotatable bonds is 4. The van der Waals surface area contributed by atoms with E-state index in [9.17, 15) is 8.42 Å². The summed E-state index contributed by atoms with van der Waals surface area (Å²) < 4.78 is 37.8. The van der Waals surface area contributed by atoms with Crippen LogP contribution in [0, 0.1) is 0 Å². The van der Waals surface area contributed by atoms with E-state index in [-0.39, 0.29) is 17.3 Å². The SMILES string of the molecule is C=CCOc1ccccc1S(=O)(=O)O.[CH3][Na]. The van der Waals surface area contributed by atoms with Gasteiger partial charge in [0, 0.05) is 0 Å². The Morgan fingerprint density at radius 3 is 2.50 bits per heavy atom. The molecule has 1 aromatic rings. The van der Waals surface area contributed by atoms with Crippen LogP contribution in [0.1, 0.15) is 0 Å². The minimum atomic E-state index is -4.22. The van der Waals surface area contributed by atoms with Crippen molar-refractivity contribution in [1.29, 1.82) is 0 Å². The van der Waals surface area contributed by atoms with Crippen LogP contribution in [0.4, 0.5) is 0 Å². The molecule has 84 valence electrons. The van der Waals surface area contributed by atoms with Crippen LogP contribution < -0.4 is 4.74 Å². The van der Waals surface area contributed by atoms with Gasteiger partial charge in [0.15, 0.2) is 0 Å². The number of ether oxygens (including phenoxy) is 1. The molecule has 0 atom stereocenters. The zero-order chi connectivity index (χ0) is 12.6. The summed E-state index contributed by atoms with van der Waals surface area (Å²) in [6, 6.07) is 5.86. The molecule has 0 aliphatic heterocycles. The first kappa shape index (κ1) is 15.7. The maximum atomic E-state index is 10.9. The molecule has 0 amide bonds. The molecule has 0 fully saturated rings. The molecule has 0 saturated heterocycles. The third-order valence-electron chi connectivity index (χ3n) is 1.48. The van der Waals surface area contributed by atoms with Gasteiger partial charge in [-0.15, -0.1) is 0 Å². The van der Waals surface area contributed by atoms with E-state index in [1.165, 1.54) is 52.2 Å². The summed E-state index contributed by atoms with van der Waals surface area (Å²) in [4.78, 5) is -0.234. The van der Waals surface area contributed by atoms with Gasteiger partial charge in [-0.3, -0.25) is 4.55 Å². The van der Waals surface area contributed by atoms with E-state index in [0.29, 0.717) is 0 Å². The molecular formula is C10H13NaO4S. The van der Waals surface area contributed by atoms with Crippen LogP contribution in [0.5, 0.6) is 5.75 Å². The van der Waals surface area contributed by atoms with Crippen molar-refractivity contribution in [3.8, 4) is 5.75 Å². The van der Waals surface area contributed by atoms with Crippen molar-refractivity contribution in [1.82, 2.24) is 0 Å². The molecule has 0 bridgehead atoms. The number of hydrogen-bond donors (Lipinski definition) is 1. The van der Waals surface area contributed by atoms with Gasteiger partial charge >= 0.3 is 32.1 Å². The van der Waals surface area contributed by atoms with Crippen LogP contribution in [-0.2, 0) is 10.1 Å². The predicted molar refractivity (Wildman–Crippen MR) is 63.6 cm³/mol. The first-order valence-electron chi connectivity index (χ1n) is 4.86.